The highest BCUT2D eigenvalue weighted by Crippen LogP contribution is 2.12. The van der Waals surface area contributed by atoms with E-state index in [4.69, 9.17) is 4.74 Å². The van der Waals surface area contributed by atoms with Crippen molar-refractivity contribution in [2.45, 2.75) is 58.5 Å². The van der Waals surface area contributed by atoms with E-state index >= 15 is 0 Å². The summed E-state index contributed by atoms with van der Waals surface area (Å²) in [5.74, 6) is -0.140. The molecule has 116 valence electrons. The Balaban J connectivity index is 2.60. The topological polar surface area (TPSA) is 58.6 Å². The molecule has 1 rings (SSSR count). The number of hydrogen-bond acceptors (Lipinski definition) is 4. The fourth-order valence-electron chi connectivity index (χ4n) is 2.57. The second kappa shape index (κ2) is 8.25. The summed E-state index contributed by atoms with van der Waals surface area (Å²) in [7, 11) is 1.38. The number of nitrogens with one attached hydrogen (secondary N) is 1. The summed E-state index contributed by atoms with van der Waals surface area (Å²) in [6, 6.07) is -0.800. The number of carbonyl (C=O) groups is 2. The van der Waals surface area contributed by atoms with E-state index in [-0.39, 0.29) is 23.8 Å². The lowest BCUT2D eigenvalue weighted by atomic mass is 10.0. The minimum Gasteiger partial charge on any atom is -0.468 e. The maximum Gasteiger partial charge on any atom is 0.323 e. The molecule has 5 heteroatoms. The van der Waals surface area contributed by atoms with E-state index in [1.165, 1.54) is 20.0 Å². The van der Waals surface area contributed by atoms with Crippen LogP contribution in [0.15, 0.2) is 0 Å². The first-order chi connectivity index (χ1) is 9.47. The first-order valence-corrected chi connectivity index (χ1v) is 7.60. The smallest absolute Gasteiger partial charge is 0.323 e. The third-order valence-corrected chi connectivity index (χ3v) is 3.84. The molecule has 0 spiro atoms. The first kappa shape index (κ1) is 17.0. The first-order valence-electron chi connectivity index (χ1n) is 7.60. The SMILES string of the molecule is COC(=O)C(NC(C)C(=O)N1CCCCCC1)C(C)C. The molecule has 1 N–H and O–H groups in total. The Morgan fingerprint density at radius 2 is 1.60 bits per heavy atom. The van der Waals surface area contributed by atoms with E-state index in [2.05, 4.69) is 5.32 Å². The summed E-state index contributed by atoms with van der Waals surface area (Å²) in [4.78, 5) is 26.1. The predicted octanol–water partition coefficient (Wildman–Crippen LogP) is 1.56. The van der Waals surface area contributed by atoms with Gasteiger partial charge in [-0.1, -0.05) is 26.7 Å². The molecule has 0 bridgehead atoms. The Morgan fingerprint density at radius 3 is 2.05 bits per heavy atom. The Labute approximate surface area is 122 Å². The molecule has 0 aromatic carbocycles. The lowest BCUT2D eigenvalue weighted by Gasteiger charge is -2.28. The Hall–Kier alpha value is -1.10. The summed E-state index contributed by atoms with van der Waals surface area (Å²) in [5, 5.41) is 3.12. The average molecular weight is 284 g/mol. The molecule has 2 atom stereocenters. The predicted molar refractivity (Wildman–Crippen MR) is 78.3 cm³/mol. The van der Waals surface area contributed by atoms with Crippen molar-refractivity contribution in [1.82, 2.24) is 10.2 Å². The van der Waals surface area contributed by atoms with Crippen molar-refractivity contribution < 1.29 is 14.3 Å². The van der Waals surface area contributed by atoms with Crippen molar-refractivity contribution in [2.24, 2.45) is 5.92 Å². The molecule has 20 heavy (non-hydrogen) atoms. The number of ether oxygens (including phenoxy) is 1. The van der Waals surface area contributed by atoms with Crippen LogP contribution in [0, 0.1) is 5.92 Å². The minimum atomic E-state index is -0.439. The maximum absolute atomic E-state index is 12.4. The molecule has 0 radical (unpaired) electrons. The fraction of sp³-hybridized carbons (Fsp3) is 0.867. The second-order valence-electron chi connectivity index (χ2n) is 5.87. The van der Waals surface area contributed by atoms with Gasteiger partial charge in [-0.3, -0.25) is 14.9 Å². The zero-order chi connectivity index (χ0) is 15.1. The van der Waals surface area contributed by atoms with Crippen molar-refractivity contribution in [2.75, 3.05) is 20.2 Å². The van der Waals surface area contributed by atoms with Gasteiger partial charge in [-0.2, -0.15) is 0 Å². The van der Waals surface area contributed by atoms with Crippen molar-refractivity contribution in [1.29, 1.82) is 0 Å². The van der Waals surface area contributed by atoms with Gasteiger partial charge in [0.25, 0.3) is 0 Å². The van der Waals surface area contributed by atoms with Gasteiger partial charge in [0.05, 0.1) is 13.2 Å². The maximum atomic E-state index is 12.4. The Morgan fingerprint density at radius 1 is 1.05 bits per heavy atom. The third-order valence-electron chi connectivity index (χ3n) is 3.84. The second-order valence-corrected chi connectivity index (χ2v) is 5.87. The number of esters is 1. The highest BCUT2D eigenvalue weighted by Gasteiger charge is 2.29. The molecule has 1 fully saturated rings. The van der Waals surface area contributed by atoms with E-state index < -0.39 is 6.04 Å². The lowest BCUT2D eigenvalue weighted by Crippen LogP contribution is -2.52. The minimum absolute atomic E-state index is 0.0847. The van der Waals surface area contributed by atoms with Gasteiger partial charge in [0.2, 0.25) is 5.91 Å². The molecule has 0 saturated carbocycles. The number of likely N-dealkylation sites (tertiary alicyclic amines) is 1. The molecule has 1 saturated heterocycles. The van der Waals surface area contributed by atoms with Crippen LogP contribution in [0.5, 0.6) is 0 Å². The molecule has 5 nitrogen and oxygen atoms in total. The molecular weight excluding hydrogens is 256 g/mol. The Kier molecular flexibility index (Phi) is 6.99. The highest BCUT2D eigenvalue weighted by molar-refractivity contribution is 5.83. The molecule has 2 unspecified atom stereocenters. The van der Waals surface area contributed by atoms with E-state index in [0.29, 0.717) is 0 Å². The van der Waals surface area contributed by atoms with Crippen LogP contribution in [-0.4, -0.2) is 49.1 Å². The van der Waals surface area contributed by atoms with Crippen molar-refractivity contribution in [3.63, 3.8) is 0 Å². The molecule has 0 aromatic heterocycles. The fourth-order valence-corrected chi connectivity index (χ4v) is 2.57. The molecular formula is C15H28N2O3. The zero-order valence-electron chi connectivity index (χ0n) is 13.1. The summed E-state index contributed by atoms with van der Waals surface area (Å²) in [6.07, 6.45) is 4.54. The quantitative estimate of drug-likeness (QED) is 0.779. The van der Waals surface area contributed by atoms with Crippen LogP contribution in [0.1, 0.15) is 46.5 Å². The molecule has 1 heterocycles. The Bertz CT molecular complexity index is 323. The van der Waals surface area contributed by atoms with Gasteiger partial charge in [-0.25, -0.2) is 0 Å². The van der Waals surface area contributed by atoms with Crippen LogP contribution in [0.3, 0.4) is 0 Å². The third kappa shape index (κ3) is 4.78. The summed E-state index contributed by atoms with van der Waals surface area (Å²) in [5.41, 5.74) is 0. The van der Waals surface area contributed by atoms with Crippen LogP contribution >= 0.6 is 0 Å². The van der Waals surface area contributed by atoms with Crippen molar-refractivity contribution in [3.8, 4) is 0 Å². The number of nitrogens with zero attached hydrogens (tertiary/aromatic N) is 1. The van der Waals surface area contributed by atoms with Crippen LogP contribution in [0.4, 0.5) is 0 Å². The van der Waals surface area contributed by atoms with E-state index in [9.17, 15) is 9.59 Å². The van der Waals surface area contributed by atoms with Gasteiger partial charge < -0.3 is 9.64 Å². The van der Waals surface area contributed by atoms with E-state index in [1.54, 1.807) is 0 Å². The molecule has 0 aliphatic carbocycles. The molecule has 1 aliphatic rings. The summed E-state index contributed by atoms with van der Waals surface area (Å²) < 4.78 is 4.79. The van der Waals surface area contributed by atoms with E-state index in [1.807, 2.05) is 25.7 Å². The van der Waals surface area contributed by atoms with Gasteiger partial charge in [0.1, 0.15) is 6.04 Å². The summed E-state index contributed by atoms with van der Waals surface area (Å²) in [6.45, 7) is 7.37. The number of methoxy groups -OCH3 is 1. The van der Waals surface area contributed by atoms with Crippen LogP contribution in [0.25, 0.3) is 0 Å². The van der Waals surface area contributed by atoms with Gasteiger partial charge >= 0.3 is 5.97 Å². The standard InChI is InChI=1S/C15H28N2O3/c1-11(2)13(15(19)20-4)16-12(3)14(18)17-9-7-5-6-8-10-17/h11-13,16H,5-10H2,1-4H3. The molecule has 0 aromatic rings. The van der Waals surface area contributed by atoms with Crippen LogP contribution < -0.4 is 5.32 Å². The van der Waals surface area contributed by atoms with Gasteiger partial charge in [-0.15, -0.1) is 0 Å². The van der Waals surface area contributed by atoms with Gasteiger partial charge in [-0.05, 0) is 25.7 Å². The van der Waals surface area contributed by atoms with Gasteiger partial charge in [0, 0.05) is 13.1 Å². The van der Waals surface area contributed by atoms with Crippen LogP contribution in [0.2, 0.25) is 0 Å². The largest absolute Gasteiger partial charge is 0.468 e. The lowest BCUT2D eigenvalue weighted by molar-refractivity contribution is -0.145. The van der Waals surface area contributed by atoms with Crippen molar-refractivity contribution in [3.05, 3.63) is 0 Å². The van der Waals surface area contributed by atoms with Crippen LogP contribution in [-0.2, 0) is 14.3 Å². The van der Waals surface area contributed by atoms with Crippen molar-refractivity contribution >= 4 is 11.9 Å². The highest BCUT2D eigenvalue weighted by atomic mass is 16.5. The number of hydrogen-bond donors (Lipinski definition) is 1. The zero-order valence-corrected chi connectivity index (χ0v) is 13.1. The summed E-state index contributed by atoms with van der Waals surface area (Å²) >= 11 is 0. The number of amides is 1. The number of rotatable bonds is 5. The molecule has 1 aliphatic heterocycles. The monoisotopic (exact) mass is 284 g/mol. The number of carbonyl (C=O) groups excluding carboxylic acids is 2. The average Bonchev–Trinajstić information content (AvgIpc) is 2.71. The normalized spacial score (nSPS) is 19.4. The molecule has 1 amide bonds. The van der Waals surface area contributed by atoms with Gasteiger partial charge in [0.15, 0.2) is 0 Å². The van der Waals surface area contributed by atoms with E-state index in [0.717, 1.165) is 25.9 Å².